The van der Waals surface area contributed by atoms with Crippen LogP contribution in [0.1, 0.15) is 28.9 Å². The Balaban J connectivity index is 1.48. The van der Waals surface area contributed by atoms with Crippen LogP contribution in [0.15, 0.2) is 42.6 Å². The van der Waals surface area contributed by atoms with E-state index in [4.69, 9.17) is 5.41 Å². The summed E-state index contributed by atoms with van der Waals surface area (Å²) in [5, 5.41) is 7.55. The average Bonchev–Trinajstić information content (AvgIpc) is 3.49. The van der Waals surface area contributed by atoms with Crippen LogP contribution in [-0.2, 0) is 4.79 Å². The van der Waals surface area contributed by atoms with Crippen LogP contribution in [0.25, 0.3) is 16.8 Å². The highest BCUT2D eigenvalue weighted by atomic mass is 16.2. The van der Waals surface area contributed by atoms with Gasteiger partial charge in [-0.1, -0.05) is 24.3 Å². The molecule has 1 aromatic heterocycles. The van der Waals surface area contributed by atoms with Gasteiger partial charge in [0.25, 0.3) is 0 Å². The minimum atomic E-state index is 0.264. The molecule has 1 saturated carbocycles. The first-order valence-electron chi connectivity index (χ1n) is 9.68. The minimum absolute atomic E-state index is 0.264. The lowest BCUT2D eigenvalue weighted by Crippen LogP contribution is -2.48. The number of H-pyrrole nitrogens is 1. The van der Waals surface area contributed by atoms with Gasteiger partial charge >= 0.3 is 0 Å². The fraction of sp³-hybridized carbons (Fsp3) is 0.318. The molecule has 2 heterocycles. The lowest BCUT2D eigenvalue weighted by atomic mass is 10.1. The second-order valence-corrected chi connectivity index (χ2v) is 7.35. The number of amides is 1. The number of benzene rings is 1. The number of aldehydes is 1. The summed E-state index contributed by atoms with van der Waals surface area (Å²) in [5.41, 5.74) is 4.62. The van der Waals surface area contributed by atoms with E-state index < -0.39 is 0 Å². The molecule has 2 aliphatic rings. The van der Waals surface area contributed by atoms with E-state index in [1.165, 1.54) is 6.21 Å². The Bertz CT molecular complexity index is 901. The number of carbonyl (C=O) groups excluding carboxylic acids is 2. The Morgan fingerprint density at radius 3 is 2.32 bits per heavy atom. The molecule has 1 aliphatic heterocycles. The Morgan fingerprint density at radius 1 is 1.04 bits per heavy atom. The molecule has 2 fully saturated rings. The van der Waals surface area contributed by atoms with Crippen molar-refractivity contribution in [1.82, 2.24) is 14.8 Å². The highest BCUT2D eigenvalue weighted by Gasteiger charge is 2.34. The minimum Gasteiger partial charge on any atom is -0.366 e. The van der Waals surface area contributed by atoms with E-state index in [2.05, 4.69) is 16.0 Å². The SMILES string of the molecule is N=C/C=C(\c1cc(-c2ccc(C=O)cc2)c[nH]1)N1CCN(C(=O)C2CC2)CC1. The number of nitrogens with zero attached hydrogens (tertiary/aromatic N) is 2. The van der Waals surface area contributed by atoms with Crippen LogP contribution in [-0.4, -0.2) is 59.4 Å². The average molecular weight is 376 g/mol. The molecular weight excluding hydrogens is 352 g/mol. The zero-order chi connectivity index (χ0) is 19.5. The summed E-state index contributed by atoms with van der Waals surface area (Å²) in [6, 6.07) is 9.53. The van der Waals surface area contributed by atoms with Gasteiger partial charge in [-0.05, 0) is 36.1 Å². The Hall–Kier alpha value is -3.15. The molecule has 1 aliphatic carbocycles. The first-order valence-corrected chi connectivity index (χ1v) is 9.68. The van der Waals surface area contributed by atoms with Crippen LogP contribution in [0.5, 0.6) is 0 Å². The maximum atomic E-state index is 12.3. The van der Waals surface area contributed by atoms with Gasteiger partial charge in [-0.3, -0.25) is 9.59 Å². The maximum Gasteiger partial charge on any atom is 0.225 e. The molecule has 2 aromatic rings. The van der Waals surface area contributed by atoms with E-state index >= 15 is 0 Å². The van der Waals surface area contributed by atoms with Crippen molar-refractivity contribution in [2.45, 2.75) is 12.8 Å². The number of aromatic nitrogens is 1. The van der Waals surface area contributed by atoms with Crippen LogP contribution >= 0.6 is 0 Å². The van der Waals surface area contributed by atoms with E-state index in [-0.39, 0.29) is 5.92 Å². The van der Waals surface area contributed by atoms with Crippen LogP contribution in [0, 0.1) is 11.3 Å². The normalized spacial score (nSPS) is 17.5. The number of piperazine rings is 1. The molecule has 0 spiro atoms. The van der Waals surface area contributed by atoms with Gasteiger partial charge in [0.05, 0.1) is 11.4 Å². The number of carbonyl (C=O) groups is 2. The lowest BCUT2D eigenvalue weighted by molar-refractivity contribution is -0.133. The molecular formula is C22H24N4O2. The molecule has 2 N–H and O–H groups in total. The predicted molar refractivity (Wildman–Crippen MR) is 109 cm³/mol. The summed E-state index contributed by atoms with van der Waals surface area (Å²) < 4.78 is 0. The summed E-state index contributed by atoms with van der Waals surface area (Å²) in [6.07, 6.45) is 7.95. The van der Waals surface area contributed by atoms with Crippen LogP contribution in [0.3, 0.4) is 0 Å². The molecule has 0 unspecified atom stereocenters. The molecule has 28 heavy (non-hydrogen) atoms. The summed E-state index contributed by atoms with van der Waals surface area (Å²) in [5.74, 6) is 0.567. The van der Waals surface area contributed by atoms with Gasteiger partial charge < -0.3 is 20.2 Å². The topological polar surface area (TPSA) is 80.3 Å². The molecule has 6 nitrogen and oxygen atoms in total. The van der Waals surface area contributed by atoms with Gasteiger partial charge in [-0.2, -0.15) is 0 Å². The number of aromatic amines is 1. The van der Waals surface area contributed by atoms with Crippen molar-refractivity contribution < 1.29 is 9.59 Å². The molecule has 6 heteroatoms. The number of hydrogen-bond donors (Lipinski definition) is 2. The van der Waals surface area contributed by atoms with Crippen molar-refractivity contribution in [1.29, 1.82) is 5.41 Å². The number of hydrogen-bond acceptors (Lipinski definition) is 4. The number of rotatable bonds is 6. The van der Waals surface area contributed by atoms with Crippen molar-refractivity contribution in [2.24, 2.45) is 5.92 Å². The van der Waals surface area contributed by atoms with E-state index in [1.807, 2.05) is 23.2 Å². The Morgan fingerprint density at radius 2 is 1.71 bits per heavy atom. The number of allylic oxidation sites excluding steroid dienone is 1. The molecule has 144 valence electrons. The fourth-order valence-electron chi connectivity index (χ4n) is 3.66. The van der Waals surface area contributed by atoms with E-state index in [9.17, 15) is 9.59 Å². The van der Waals surface area contributed by atoms with Crippen LogP contribution < -0.4 is 0 Å². The quantitative estimate of drug-likeness (QED) is 0.601. The van der Waals surface area contributed by atoms with E-state index in [0.29, 0.717) is 11.5 Å². The summed E-state index contributed by atoms with van der Waals surface area (Å²) >= 11 is 0. The molecule has 1 saturated heterocycles. The summed E-state index contributed by atoms with van der Waals surface area (Å²) in [4.78, 5) is 30.6. The second-order valence-electron chi connectivity index (χ2n) is 7.35. The zero-order valence-corrected chi connectivity index (χ0v) is 15.7. The van der Waals surface area contributed by atoms with Gasteiger partial charge in [-0.25, -0.2) is 0 Å². The van der Waals surface area contributed by atoms with Crippen LogP contribution in [0.2, 0.25) is 0 Å². The standard InChI is InChI=1S/C22H24N4O2/c23-8-7-21(25-9-11-26(12-10-25)22(28)18-5-6-18)20-13-19(14-24-20)17-3-1-16(15-27)2-4-17/h1-4,7-8,13-15,18,23-24H,5-6,9-12H2/b21-7+,23-8?. The Kier molecular flexibility index (Phi) is 5.10. The third-order valence-corrected chi connectivity index (χ3v) is 5.44. The van der Waals surface area contributed by atoms with E-state index in [1.54, 1.807) is 18.2 Å². The first-order chi connectivity index (χ1) is 13.7. The van der Waals surface area contributed by atoms with Crippen molar-refractivity contribution in [3.8, 4) is 11.1 Å². The molecule has 0 radical (unpaired) electrons. The van der Waals surface area contributed by atoms with Crippen LogP contribution in [0.4, 0.5) is 0 Å². The lowest BCUT2D eigenvalue weighted by Gasteiger charge is -2.37. The molecule has 0 atom stereocenters. The molecule has 1 amide bonds. The molecule has 4 rings (SSSR count). The molecule has 0 bridgehead atoms. The van der Waals surface area contributed by atoms with Crippen molar-refractivity contribution in [3.05, 3.63) is 53.9 Å². The van der Waals surface area contributed by atoms with Crippen molar-refractivity contribution in [2.75, 3.05) is 26.2 Å². The first kappa shape index (κ1) is 18.2. The summed E-state index contributed by atoms with van der Waals surface area (Å²) in [7, 11) is 0. The van der Waals surface area contributed by atoms with Gasteiger partial charge in [0.2, 0.25) is 5.91 Å². The third-order valence-electron chi connectivity index (χ3n) is 5.44. The predicted octanol–water partition coefficient (Wildman–Crippen LogP) is 3.04. The highest BCUT2D eigenvalue weighted by Crippen LogP contribution is 2.32. The third kappa shape index (κ3) is 3.76. The van der Waals surface area contributed by atoms with E-state index in [0.717, 1.165) is 67.8 Å². The molecule has 1 aromatic carbocycles. The monoisotopic (exact) mass is 376 g/mol. The van der Waals surface area contributed by atoms with Crippen molar-refractivity contribution >= 4 is 24.1 Å². The maximum absolute atomic E-state index is 12.3. The zero-order valence-electron chi connectivity index (χ0n) is 15.7. The number of nitrogens with one attached hydrogen (secondary N) is 2. The van der Waals surface area contributed by atoms with Gasteiger partial charge in [0, 0.05) is 50.1 Å². The van der Waals surface area contributed by atoms with Gasteiger partial charge in [-0.15, -0.1) is 0 Å². The highest BCUT2D eigenvalue weighted by molar-refractivity contribution is 5.84. The Labute approximate surface area is 164 Å². The largest absolute Gasteiger partial charge is 0.366 e. The summed E-state index contributed by atoms with van der Waals surface area (Å²) in [6.45, 7) is 2.98. The fourth-order valence-corrected chi connectivity index (χ4v) is 3.66. The second kappa shape index (κ2) is 7.84. The van der Waals surface area contributed by atoms with Gasteiger partial charge in [0.15, 0.2) is 0 Å². The van der Waals surface area contributed by atoms with Crippen molar-refractivity contribution in [3.63, 3.8) is 0 Å². The smallest absolute Gasteiger partial charge is 0.225 e. The van der Waals surface area contributed by atoms with Gasteiger partial charge in [0.1, 0.15) is 6.29 Å².